The van der Waals surface area contributed by atoms with E-state index < -0.39 is 0 Å². The fraction of sp³-hybridized carbons (Fsp3) is 0.467. The molecular formula is C15H17Cl2N3O2. The largest absolute Gasteiger partial charge is 0.484 e. The molecule has 5 nitrogen and oxygen atoms in total. The van der Waals surface area contributed by atoms with Crippen LogP contribution in [0.4, 0.5) is 0 Å². The molecule has 1 saturated heterocycles. The van der Waals surface area contributed by atoms with Crippen LogP contribution in [0.5, 0.6) is 5.75 Å². The van der Waals surface area contributed by atoms with E-state index >= 15 is 0 Å². The quantitative estimate of drug-likeness (QED) is 0.916. The first-order valence-corrected chi connectivity index (χ1v) is 8.01. The summed E-state index contributed by atoms with van der Waals surface area (Å²) in [7, 11) is 0. The van der Waals surface area contributed by atoms with E-state index in [-0.39, 0.29) is 6.61 Å². The number of halogens is 2. The smallest absolute Gasteiger partial charge is 0.229 e. The van der Waals surface area contributed by atoms with Crippen LogP contribution in [0.2, 0.25) is 10.0 Å². The summed E-state index contributed by atoms with van der Waals surface area (Å²) in [5, 5.41) is 8.23. The number of aromatic nitrogens is 2. The van der Waals surface area contributed by atoms with Gasteiger partial charge in [0.25, 0.3) is 0 Å². The first-order valence-electron chi connectivity index (χ1n) is 7.26. The molecule has 7 heteroatoms. The second-order valence-corrected chi connectivity index (χ2v) is 6.25. The van der Waals surface area contributed by atoms with Crippen molar-refractivity contribution in [1.29, 1.82) is 0 Å². The van der Waals surface area contributed by atoms with Gasteiger partial charge in [0.1, 0.15) is 10.8 Å². The van der Waals surface area contributed by atoms with Gasteiger partial charge in [-0.15, -0.1) is 0 Å². The Balaban J connectivity index is 1.63. The monoisotopic (exact) mass is 341 g/mol. The number of nitrogens with one attached hydrogen (secondary N) is 1. The Morgan fingerprint density at radius 3 is 3.09 bits per heavy atom. The summed E-state index contributed by atoms with van der Waals surface area (Å²) >= 11 is 12.0. The molecule has 1 aliphatic rings. The summed E-state index contributed by atoms with van der Waals surface area (Å²) in [6.07, 6.45) is 2.01. The Kier molecular flexibility index (Phi) is 4.86. The fourth-order valence-electron chi connectivity index (χ4n) is 2.59. The lowest BCUT2D eigenvalue weighted by Crippen LogP contribution is -2.34. The minimum Gasteiger partial charge on any atom is -0.484 e. The van der Waals surface area contributed by atoms with Gasteiger partial charge in [-0.05, 0) is 38.4 Å². The van der Waals surface area contributed by atoms with Crippen molar-refractivity contribution in [2.24, 2.45) is 0 Å². The molecule has 2 heterocycles. The van der Waals surface area contributed by atoms with Crippen LogP contribution < -0.4 is 10.1 Å². The maximum absolute atomic E-state index is 6.07. The van der Waals surface area contributed by atoms with Gasteiger partial charge in [0.15, 0.2) is 6.61 Å². The molecule has 2 aromatic rings. The molecule has 0 spiro atoms. The lowest BCUT2D eigenvalue weighted by Gasteiger charge is -2.25. The zero-order valence-electron chi connectivity index (χ0n) is 12.2. The average Bonchev–Trinajstić information content (AvgIpc) is 2.98. The Hall–Kier alpha value is -1.30. The SMILES string of the molecule is C[C@@H]1C[C@H](c2nc(COc3cccc(Cl)c3Cl)no2)CCN1. The van der Waals surface area contributed by atoms with Crippen LogP contribution in [-0.4, -0.2) is 22.7 Å². The zero-order chi connectivity index (χ0) is 15.5. The van der Waals surface area contributed by atoms with Crippen molar-refractivity contribution in [2.75, 3.05) is 6.54 Å². The first kappa shape index (κ1) is 15.6. The van der Waals surface area contributed by atoms with Crippen molar-refractivity contribution in [2.45, 2.75) is 38.3 Å². The van der Waals surface area contributed by atoms with Crippen LogP contribution in [0.1, 0.15) is 37.4 Å². The van der Waals surface area contributed by atoms with Gasteiger partial charge in [-0.25, -0.2) is 0 Å². The van der Waals surface area contributed by atoms with Crippen LogP contribution in [0.25, 0.3) is 0 Å². The van der Waals surface area contributed by atoms with Gasteiger partial charge < -0.3 is 14.6 Å². The lowest BCUT2D eigenvalue weighted by atomic mass is 9.93. The Morgan fingerprint density at radius 1 is 1.41 bits per heavy atom. The molecule has 2 atom stereocenters. The molecule has 1 N–H and O–H groups in total. The molecule has 0 radical (unpaired) electrons. The van der Waals surface area contributed by atoms with E-state index in [4.69, 9.17) is 32.5 Å². The third kappa shape index (κ3) is 3.54. The molecule has 118 valence electrons. The maximum Gasteiger partial charge on any atom is 0.229 e. The average molecular weight is 342 g/mol. The molecule has 0 saturated carbocycles. The van der Waals surface area contributed by atoms with Crippen molar-refractivity contribution < 1.29 is 9.26 Å². The van der Waals surface area contributed by atoms with Gasteiger partial charge in [-0.2, -0.15) is 4.98 Å². The Labute approximate surface area is 138 Å². The van der Waals surface area contributed by atoms with Crippen molar-refractivity contribution in [3.8, 4) is 5.75 Å². The topological polar surface area (TPSA) is 60.2 Å². The molecule has 22 heavy (non-hydrogen) atoms. The summed E-state index contributed by atoms with van der Waals surface area (Å²) in [6.45, 7) is 3.33. The third-order valence-corrected chi connectivity index (χ3v) is 4.53. The number of hydrogen-bond donors (Lipinski definition) is 1. The van der Waals surface area contributed by atoms with Gasteiger partial charge in [-0.3, -0.25) is 0 Å². The van der Waals surface area contributed by atoms with Crippen LogP contribution >= 0.6 is 23.2 Å². The van der Waals surface area contributed by atoms with Gasteiger partial charge >= 0.3 is 0 Å². The predicted molar refractivity (Wildman–Crippen MR) is 84.5 cm³/mol. The standard InChI is InChI=1S/C15H17Cl2N3O2/c1-9-7-10(5-6-18-9)15-19-13(20-22-15)8-21-12-4-2-3-11(16)14(12)17/h2-4,9-10,18H,5-8H2,1H3/t9-,10-/m1/s1. The zero-order valence-corrected chi connectivity index (χ0v) is 13.7. The third-order valence-electron chi connectivity index (χ3n) is 3.73. The van der Waals surface area contributed by atoms with Crippen molar-refractivity contribution in [3.05, 3.63) is 40.0 Å². The highest BCUT2D eigenvalue weighted by Crippen LogP contribution is 2.32. The van der Waals surface area contributed by atoms with Crippen molar-refractivity contribution in [3.63, 3.8) is 0 Å². The molecule has 0 unspecified atom stereocenters. The summed E-state index contributed by atoms with van der Waals surface area (Å²) in [5.74, 6) is 2.02. The molecule has 3 rings (SSSR count). The lowest BCUT2D eigenvalue weighted by molar-refractivity contribution is 0.276. The Morgan fingerprint density at radius 2 is 2.27 bits per heavy atom. The molecule has 0 aliphatic carbocycles. The molecule has 1 fully saturated rings. The van der Waals surface area contributed by atoms with Gasteiger partial charge in [0.05, 0.1) is 5.02 Å². The minimum atomic E-state index is 0.198. The van der Waals surface area contributed by atoms with Gasteiger partial charge in [0.2, 0.25) is 11.7 Å². The molecular weight excluding hydrogens is 325 g/mol. The minimum absolute atomic E-state index is 0.198. The van der Waals surface area contributed by atoms with Crippen molar-refractivity contribution in [1.82, 2.24) is 15.5 Å². The number of rotatable bonds is 4. The normalized spacial score (nSPS) is 21.8. The number of nitrogens with zero attached hydrogens (tertiary/aromatic N) is 2. The number of piperidine rings is 1. The predicted octanol–water partition coefficient (Wildman–Crippen LogP) is 3.81. The molecule has 1 aromatic carbocycles. The second-order valence-electron chi connectivity index (χ2n) is 5.47. The van der Waals surface area contributed by atoms with E-state index in [0.29, 0.717) is 39.5 Å². The first-order chi connectivity index (χ1) is 10.6. The fourth-order valence-corrected chi connectivity index (χ4v) is 2.93. The number of hydrogen-bond acceptors (Lipinski definition) is 5. The van der Waals surface area contributed by atoms with E-state index in [2.05, 4.69) is 22.4 Å². The highest BCUT2D eigenvalue weighted by molar-refractivity contribution is 6.42. The summed E-state index contributed by atoms with van der Waals surface area (Å²) in [6, 6.07) is 5.71. The van der Waals surface area contributed by atoms with Crippen LogP contribution in [0.3, 0.4) is 0 Å². The molecule has 0 bridgehead atoms. The summed E-state index contributed by atoms with van der Waals surface area (Å²) in [5.41, 5.74) is 0. The van der Waals surface area contributed by atoms with E-state index in [1.54, 1.807) is 18.2 Å². The van der Waals surface area contributed by atoms with Gasteiger partial charge in [0, 0.05) is 12.0 Å². The molecule has 1 aromatic heterocycles. The number of benzene rings is 1. The van der Waals surface area contributed by atoms with E-state index in [9.17, 15) is 0 Å². The molecule has 1 aliphatic heterocycles. The van der Waals surface area contributed by atoms with E-state index in [1.165, 1.54) is 0 Å². The second kappa shape index (κ2) is 6.86. The molecule has 0 amide bonds. The van der Waals surface area contributed by atoms with Gasteiger partial charge in [-0.1, -0.05) is 34.4 Å². The van der Waals surface area contributed by atoms with Crippen LogP contribution in [-0.2, 0) is 6.61 Å². The van der Waals surface area contributed by atoms with Crippen LogP contribution in [0.15, 0.2) is 22.7 Å². The highest BCUT2D eigenvalue weighted by atomic mass is 35.5. The summed E-state index contributed by atoms with van der Waals surface area (Å²) in [4.78, 5) is 4.43. The number of ether oxygens (including phenoxy) is 1. The maximum atomic E-state index is 6.07. The summed E-state index contributed by atoms with van der Waals surface area (Å²) < 4.78 is 11.0. The van der Waals surface area contributed by atoms with E-state index in [0.717, 1.165) is 19.4 Å². The van der Waals surface area contributed by atoms with Crippen molar-refractivity contribution >= 4 is 23.2 Å². The van der Waals surface area contributed by atoms with Crippen LogP contribution in [0, 0.1) is 0 Å². The Bertz CT molecular complexity index is 647. The van der Waals surface area contributed by atoms with E-state index in [1.807, 2.05) is 0 Å². The highest BCUT2D eigenvalue weighted by Gasteiger charge is 2.25.